The molecule has 0 saturated heterocycles. The Kier molecular flexibility index (Phi) is 6.13. The van der Waals surface area contributed by atoms with Gasteiger partial charge in [-0.25, -0.2) is 9.48 Å². The lowest BCUT2D eigenvalue weighted by atomic mass is 10.1. The molecule has 1 unspecified atom stereocenters. The number of nitrogens with one attached hydrogen (secondary N) is 2. The average molecular weight is 362 g/mol. The van der Waals surface area contributed by atoms with Crippen molar-refractivity contribution in [2.24, 2.45) is 0 Å². The van der Waals surface area contributed by atoms with E-state index in [0.29, 0.717) is 10.8 Å². The summed E-state index contributed by atoms with van der Waals surface area (Å²) >= 11 is 1.20. The monoisotopic (exact) mass is 362 g/mol. The molecule has 0 spiro atoms. The predicted octanol–water partition coefficient (Wildman–Crippen LogP) is 2.70. The number of rotatable bonds is 5. The molecule has 1 heterocycles. The van der Waals surface area contributed by atoms with Crippen LogP contribution in [0.4, 0.5) is 10.5 Å². The number of carbonyl (C=O) groups is 2. The summed E-state index contributed by atoms with van der Waals surface area (Å²) in [5.41, 5.74) is 2.70. The van der Waals surface area contributed by atoms with Crippen LogP contribution in [0.25, 0.3) is 0 Å². The first-order valence-electron chi connectivity index (χ1n) is 7.91. The third kappa shape index (κ3) is 5.02. The SMILES string of the molecule is Cc1ccc(NC(=O)NC(=O)C(C)Sc2nnnn2C(C)C)c(C)c1. The van der Waals surface area contributed by atoms with Gasteiger partial charge in [-0.3, -0.25) is 10.1 Å². The molecule has 0 aliphatic rings. The molecular formula is C16H22N6O2S. The maximum absolute atomic E-state index is 12.2. The number of thioether (sulfide) groups is 1. The Bertz CT molecular complexity index is 774. The quantitative estimate of drug-likeness (QED) is 0.793. The zero-order valence-corrected chi connectivity index (χ0v) is 15.7. The van der Waals surface area contributed by atoms with Gasteiger partial charge in [0.25, 0.3) is 0 Å². The molecule has 8 nitrogen and oxygen atoms in total. The lowest BCUT2D eigenvalue weighted by Crippen LogP contribution is -2.39. The number of hydrogen-bond donors (Lipinski definition) is 2. The van der Waals surface area contributed by atoms with Crippen molar-refractivity contribution < 1.29 is 9.59 Å². The number of benzene rings is 1. The minimum Gasteiger partial charge on any atom is -0.307 e. The highest BCUT2D eigenvalue weighted by atomic mass is 32.2. The summed E-state index contributed by atoms with van der Waals surface area (Å²) in [7, 11) is 0. The van der Waals surface area contributed by atoms with Gasteiger partial charge in [0.1, 0.15) is 0 Å². The van der Waals surface area contributed by atoms with Crippen LogP contribution in [-0.4, -0.2) is 37.4 Å². The molecule has 2 aromatic rings. The van der Waals surface area contributed by atoms with E-state index in [2.05, 4.69) is 26.2 Å². The first kappa shape index (κ1) is 18.9. The molecule has 0 fully saturated rings. The van der Waals surface area contributed by atoms with Crippen molar-refractivity contribution in [3.8, 4) is 0 Å². The van der Waals surface area contributed by atoms with Gasteiger partial charge in [-0.05, 0) is 56.7 Å². The van der Waals surface area contributed by atoms with Crippen molar-refractivity contribution in [2.75, 3.05) is 5.32 Å². The fourth-order valence-corrected chi connectivity index (χ4v) is 3.04. The highest BCUT2D eigenvalue weighted by Gasteiger charge is 2.21. The number of amides is 3. The van der Waals surface area contributed by atoms with E-state index in [4.69, 9.17) is 0 Å². The van der Waals surface area contributed by atoms with Gasteiger partial charge in [0.15, 0.2) is 0 Å². The van der Waals surface area contributed by atoms with Crippen molar-refractivity contribution in [3.63, 3.8) is 0 Å². The second-order valence-corrected chi connectivity index (χ2v) is 7.33. The zero-order valence-electron chi connectivity index (χ0n) is 14.9. The van der Waals surface area contributed by atoms with Crippen molar-refractivity contribution >= 4 is 29.4 Å². The maximum Gasteiger partial charge on any atom is 0.325 e. The second-order valence-electron chi connectivity index (χ2n) is 6.02. The van der Waals surface area contributed by atoms with E-state index in [-0.39, 0.29) is 6.04 Å². The number of carbonyl (C=O) groups excluding carboxylic acids is 2. The molecule has 1 atom stereocenters. The topological polar surface area (TPSA) is 102 Å². The van der Waals surface area contributed by atoms with Crippen LogP contribution in [0.3, 0.4) is 0 Å². The van der Waals surface area contributed by atoms with Gasteiger partial charge in [-0.1, -0.05) is 29.5 Å². The number of imide groups is 1. The predicted molar refractivity (Wildman–Crippen MR) is 96.6 cm³/mol. The molecule has 0 bridgehead atoms. The summed E-state index contributed by atoms with van der Waals surface area (Å²) in [6, 6.07) is 5.19. The van der Waals surface area contributed by atoms with E-state index in [1.807, 2.05) is 45.9 Å². The molecular weight excluding hydrogens is 340 g/mol. The normalized spacial score (nSPS) is 12.1. The summed E-state index contributed by atoms with van der Waals surface area (Å²) in [6.45, 7) is 9.47. The van der Waals surface area contributed by atoms with Gasteiger partial charge >= 0.3 is 6.03 Å². The zero-order chi connectivity index (χ0) is 18.6. The number of hydrogen-bond acceptors (Lipinski definition) is 6. The average Bonchev–Trinajstić information content (AvgIpc) is 2.98. The Morgan fingerprint density at radius 3 is 2.56 bits per heavy atom. The molecule has 1 aromatic carbocycles. The van der Waals surface area contributed by atoms with E-state index in [9.17, 15) is 9.59 Å². The van der Waals surface area contributed by atoms with Crippen LogP contribution in [0.15, 0.2) is 23.4 Å². The summed E-state index contributed by atoms with van der Waals surface area (Å²) in [4.78, 5) is 24.3. The molecule has 0 saturated carbocycles. The molecule has 0 aliphatic carbocycles. The Morgan fingerprint density at radius 2 is 1.92 bits per heavy atom. The molecule has 134 valence electrons. The summed E-state index contributed by atoms with van der Waals surface area (Å²) in [5, 5.41) is 16.5. The van der Waals surface area contributed by atoms with Gasteiger partial charge in [0.2, 0.25) is 11.1 Å². The second kappa shape index (κ2) is 8.11. The van der Waals surface area contributed by atoms with Crippen LogP contribution >= 0.6 is 11.8 Å². The van der Waals surface area contributed by atoms with Crippen LogP contribution in [0, 0.1) is 13.8 Å². The number of nitrogens with zero attached hydrogens (tertiary/aromatic N) is 4. The fourth-order valence-electron chi connectivity index (χ4n) is 2.12. The Labute approximate surface area is 150 Å². The van der Waals surface area contributed by atoms with Gasteiger partial charge in [0.05, 0.1) is 11.3 Å². The number of aryl methyl sites for hydroxylation is 2. The maximum atomic E-state index is 12.2. The van der Waals surface area contributed by atoms with Crippen LogP contribution in [-0.2, 0) is 4.79 Å². The third-order valence-electron chi connectivity index (χ3n) is 3.47. The molecule has 25 heavy (non-hydrogen) atoms. The minimum atomic E-state index is -0.562. The smallest absolute Gasteiger partial charge is 0.307 e. The van der Waals surface area contributed by atoms with E-state index >= 15 is 0 Å². The Morgan fingerprint density at radius 1 is 1.20 bits per heavy atom. The van der Waals surface area contributed by atoms with E-state index in [0.717, 1.165) is 11.1 Å². The van der Waals surface area contributed by atoms with Gasteiger partial charge in [-0.15, -0.1) is 5.10 Å². The standard InChI is InChI=1S/C16H22N6O2S/c1-9(2)22-16(19-20-21-22)25-12(5)14(23)18-15(24)17-13-7-6-10(3)8-11(13)4/h6-9,12H,1-5H3,(H2,17,18,23,24). The number of aromatic nitrogens is 4. The molecule has 9 heteroatoms. The van der Waals surface area contributed by atoms with Crippen LogP contribution in [0.2, 0.25) is 0 Å². The lowest BCUT2D eigenvalue weighted by molar-refractivity contribution is -0.119. The Hall–Kier alpha value is -2.42. The van der Waals surface area contributed by atoms with Crippen molar-refractivity contribution in [1.82, 2.24) is 25.5 Å². The van der Waals surface area contributed by atoms with Crippen LogP contribution < -0.4 is 10.6 Å². The fraction of sp³-hybridized carbons (Fsp3) is 0.438. The summed E-state index contributed by atoms with van der Waals surface area (Å²) in [5.74, 6) is -0.412. The largest absolute Gasteiger partial charge is 0.325 e. The van der Waals surface area contributed by atoms with E-state index < -0.39 is 17.2 Å². The van der Waals surface area contributed by atoms with Crippen molar-refractivity contribution in [3.05, 3.63) is 29.3 Å². The third-order valence-corrected chi connectivity index (χ3v) is 4.52. The minimum absolute atomic E-state index is 0.0839. The van der Waals surface area contributed by atoms with Crippen molar-refractivity contribution in [1.29, 1.82) is 0 Å². The summed E-state index contributed by atoms with van der Waals surface area (Å²) < 4.78 is 1.63. The highest BCUT2D eigenvalue weighted by Crippen LogP contribution is 2.22. The number of anilines is 1. The molecule has 0 aliphatic heterocycles. The first-order valence-corrected chi connectivity index (χ1v) is 8.79. The molecule has 2 N–H and O–H groups in total. The molecule has 3 amide bonds. The number of urea groups is 1. The highest BCUT2D eigenvalue weighted by molar-refractivity contribution is 8.00. The number of tetrazole rings is 1. The van der Waals surface area contributed by atoms with E-state index in [1.54, 1.807) is 11.6 Å². The van der Waals surface area contributed by atoms with Crippen LogP contribution in [0.1, 0.15) is 37.9 Å². The first-order chi connectivity index (χ1) is 11.8. The lowest BCUT2D eigenvalue weighted by Gasteiger charge is -2.13. The van der Waals surface area contributed by atoms with Crippen molar-refractivity contribution in [2.45, 2.75) is 51.1 Å². The van der Waals surface area contributed by atoms with Crippen LogP contribution in [0.5, 0.6) is 0 Å². The van der Waals surface area contributed by atoms with E-state index in [1.165, 1.54) is 11.8 Å². The molecule has 0 radical (unpaired) electrons. The Balaban J connectivity index is 1.94. The van der Waals surface area contributed by atoms with Gasteiger partial charge < -0.3 is 5.32 Å². The molecule has 2 rings (SSSR count). The molecule has 1 aromatic heterocycles. The summed E-state index contributed by atoms with van der Waals surface area (Å²) in [6.07, 6.45) is 0. The van der Waals surface area contributed by atoms with Gasteiger partial charge in [0, 0.05) is 5.69 Å². The van der Waals surface area contributed by atoms with Gasteiger partial charge in [-0.2, -0.15) is 0 Å².